The van der Waals surface area contributed by atoms with Crippen LogP contribution in [0, 0.1) is 6.92 Å². The summed E-state index contributed by atoms with van der Waals surface area (Å²) in [5, 5.41) is 4.51. The van der Waals surface area contributed by atoms with Gasteiger partial charge in [-0.3, -0.25) is 4.57 Å². The maximum absolute atomic E-state index is 12.3. The summed E-state index contributed by atoms with van der Waals surface area (Å²) in [6.45, 7) is 3.47. The van der Waals surface area contributed by atoms with Crippen molar-refractivity contribution in [3.63, 3.8) is 0 Å². The van der Waals surface area contributed by atoms with E-state index >= 15 is 0 Å². The van der Waals surface area contributed by atoms with Gasteiger partial charge >= 0.3 is 5.69 Å². The fraction of sp³-hybridized carbons (Fsp3) is 0.467. The van der Waals surface area contributed by atoms with Crippen LogP contribution in [0.15, 0.2) is 29.1 Å². The molecule has 0 bridgehead atoms. The second-order valence-electron chi connectivity index (χ2n) is 5.25. The monoisotopic (exact) mass is 257 g/mol. The quantitative estimate of drug-likeness (QED) is 0.827. The highest BCUT2D eigenvalue weighted by Crippen LogP contribution is 2.12. The summed E-state index contributed by atoms with van der Waals surface area (Å²) in [5.74, 6) is 0.955. The molecular formula is C15H19N3O. The highest BCUT2D eigenvalue weighted by molar-refractivity contribution is 5.25. The van der Waals surface area contributed by atoms with Crippen LogP contribution in [-0.4, -0.2) is 14.3 Å². The molecular weight excluding hydrogens is 238 g/mol. The maximum Gasteiger partial charge on any atom is 0.346 e. The number of hydrogen-bond acceptors (Lipinski definition) is 2. The van der Waals surface area contributed by atoms with Gasteiger partial charge in [-0.25, -0.2) is 9.48 Å². The van der Waals surface area contributed by atoms with Gasteiger partial charge in [-0.15, -0.1) is 0 Å². The minimum atomic E-state index is 0.0418. The lowest BCUT2D eigenvalue weighted by molar-refractivity contribution is 0.583. The van der Waals surface area contributed by atoms with Crippen molar-refractivity contribution in [3.8, 4) is 0 Å². The van der Waals surface area contributed by atoms with Crippen molar-refractivity contribution in [2.45, 2.75) is 45.7 Å². The smallest absolute Gasteiger partial charge is 0.279 e. The fourth-order valence-electron chi connectivity index (χ4n) is 2.68. The first-order valence-electron chi connectivity index (χ1n) is 6.97. The number of aromatic nitrogens is 3. The molecule has 1 aromatic carbocycles. The van der Waals surface area contributed by atoms with E-state index in [4.69, 9.17) is 0 Å². The van der Waals surface area contributed by atoms with E-state index in [9.17, 15) is 4.79 Å². The predicted octanol–water partition coefficient (Wildman–Crippen LogP) is 2.13. The maximum atomic E-state index is 12.3. The normalized spacial score (nSPS) is 15.0. The number of nitrogens with zero attached hydrogens (tertiary/aromatic N) is 3. The molecule has 0 N–H and O–H groups in total. The Hall–Kier alpha value is -1.84. The molecule has 0 fully saturated rings. The van der Waals surface area contributed by atoms with Gasteiger partial charge in [0.2, 0.25) is 0 Å². The number of aryl methyl sites for hydroxylation is 2. The molecule has 2 aromatic rings. The lowest BCUT2D eigenvalue weighted by Gasteiger charge is -2.04. The molecule has 100 valence electrons. The van der Waals surface area contributed by atoms with E-state index in [1.165, 1.54) is 12.0 Å². The van der Waals surface area contributed by atoms with Crippen LogP contribution in [0.25, 0.3) is 0 Å². The third-order valence-electron chi connectivity index (χ3n) is 3.86. The third-order valence-corrected chi connectivity index (χ3v) is 3.86. The van der Waals surface area contributed by atoms with Crippen LogP contribution in [-0.2, 0) is 19.5 Å². The molecule has 0 radical (unpaired) electrons. The van der Waals surface area contributed by atoms with Crippen LogP contribution in [0.4, 0.5) is 0 Å². The number of fused-ring (bicyclic) bond motifs is 1. The zero-order chi connectivity index (χ0) is 13.2. The molecule has 1 aliphatic rings. The summed E-state index contributed by atoms with van der Waals surface area (Å²) < 4.78 is 3.47. The lowest BCUT2D eigenvalue weighted by atomic mass is 10.1. The molecule has 0 amide bonds. The van der Waals surface area contributed by atoms with E-state index in [2.05, 4.69) is 24.2 Å². The molecule has 19 heavy (non-hydrogen) atoms. The Morgan fingerprint density at radius 2 is 2.05 bits per heavy atom. The van der Waals surface area contributed by atoms with E-state index in [1.807, 2.05) is 16.7 Å². The molecule has 0 atom stereocenters. The molecule has 2 heterocycles. The van der Waals surface area contributed by atoms with Gasteiger partial charge in [0.25, 0.3) is 0 Å². The zero-order valence-electron chi connectivity index (χ0n) is 11.3. The van der Waals surface area contributed by atoms with E-state index in [-0.39, 0.29) is 5.69 Å². The second kappa shape index (κ2) is 5.03. The second-order valence-corrected chi connectivity index (χ2v) is 5.25. The zero-order valence-corrected chi connectivity index (χ0v) is 11.3. The van der Waals surface area contributed by atoms with Crippen LogP contribution in [0.2, 0.25) is 0 Å². The standard InChI is InChI=1S/C15H19N3O/c1-12-7-4-5-8-13(12)11-18-15(19)17-10-6-2-3-9-14(17)16-18/h4-5,7-8H,2-3,6,9-11H2,1H3. The molecule has 4 heteroatoms. The van der Waals surface area contributed by atoms with Crippen molar-refractivity contribution in [3.05, 3.63) is 51.7 Å². The Bertz CT molecular complexity index is 639. The summed E-state index contributed by atoms with van der Waals surface area (Å²) >= 11 is 0. The number of rotatable bonds is 2. The summed E-state index contributed by atoms with van der Waals surface area (Å²) in [4.78, 5) is 12.3. The lowest BCUT2D eigenvalue weighted by Crippen LogP contribution is -2.25. The Balaban J connectivity index is 1.94. The minimum Gasteiger partial charge on any atom is -0.279 e. The largest absolute Gasteiger partial charge is 0.346 e. The molecule has 0 unspecified atom stereocenters. The molecule has 0 spiro atoms. The summed E-state index contributed by atoms with van der Waals surface area (Å²) in [6.07, 6.45) is 4.35. The van der Waals surface area contributed by atoms with Crippen LogP contribution >= 0.6 is 0 Å². The van der Waals surface area contributed by atoms with Crippen LogP contribution in [0.1, 0.15) is 36.2 Å². The topological polar surface area (TPSA) is 39.8 Å². The van der Waals surface area contributed by atoms with E-state index < -0.39 is 0 Å². The van der Waals surface area contributed by atoms with Gasteiger partial charge in [0, 0.05) is 13.0 Å². The van der Waals surface area contributed by atoms with Crippen LogP contribution in [0.5, 0.6) is 0 Å². The first-order valence-corrected chi connectivity index (χ1v) is 6.97. The fourth-order valence-corrected chi connectivity index (χ4v) is 2.68. The highest BCUT2D eigenvalue weighted by atomic mass is 16.2. The Morgan fingerprint density at radius 3 is 2.89 bits per heavy atom. The van der Waals surface area contributed by atoms with Gasteiger partial charge in [0.15, 0.2) is 0 Å². The SMILES string of the molecule is Cc1ccccc1Cn1nc2n(c1=O)CCCCC2. The van der Waals surface area contributed by atoms with Gasteiger partial charge in [-0.05, 0) is 30.9 Å². The molecule has 1 aromatic heterocycles. The summed E-state index contributed by atoms with van der Waals surface area (Å²) in [7, 11) is 0. The van der Waals surface area contributed by atoms with E-state index in [0.29, 0.717) is 6.54 Å². The van der Waals surface area contributed by atoms with Crippen LogP contribution in [0.3, 0.4) is 0 Å². The molecule has 4 nitrogen and oxygen atoms in total. The highest BCUT2D eigenvalue weighted by Gasteiger charge is 2.15. The van der Waals surface area contributed by atoms with Crippen molar-refractivity contribution in [2.24, 2.45) is 0 Å². The average Bonchev–Trinajstić information content (AvgIpc) is 2.60. The molecule has 3 rings (SSSR count). The van der Waals surface area contributed by atoms with Gasteiger partial charge in [-0.1, -0.05) is 30.7 Å². The minimum absolute atomic E-state index is 0.0418. The number of hydrogen-bond donors (Lipinski definition) is 0. The molecule has 1 aliphatic heterocycles. The Labute approximate surface area is 112 Å². The van der Waals surface area contributed by atoms with Crippen molar-refractivity contribution >= 4 is 0 Å². The summed E-state index contributed by atoms with van der Waals surface area (Å²) in [6, 6.07) is 8.16. The number of benzene rings is 1. The molecule has 0 saturated carbocycles. The Kier molecular flexibility index (Phi) is 3.23. The van der Waals surface area contributed by atoms with Crippen LogP contribution < -0.4 is 5.69 Å². The van der Waals surface area contributed by atoms with Crippen molar-refractivity contribution in [2.75, 3.05) is 0 Å². The van der Waals surface area contributed by atoms with Gasteiger partial charge in [0.05, 0.1) is 6.54 Å². The van der Waals surface area contributed by atoms with E-state index in [0.717, 1.165) is 37.2 Å². The molecule has 0 aliphatic carbocycles. The molecule has 0 saturated heterocycles. The third kappa shape index (κ3) is 2.35. The average molecular weight is 257 g/mol. The van der Waals surface area contributed by atoms with Gasteiger partial charge in [-0.2, -0.15) is 5.10 Å². The first-order chi connectivity index (χ1) is 9.25. The van der Waals surface area contributed by atoms with Gasteiger partial charge in [0.1, 0.15) is 5.82 Å². The van der Waals surface area contributed by atoms with Crippen molar-refractivity contribution < 1.29 is 0 Å². The van der Waals surface area contributed by atoms with Crippen molar-refractivity contribution in [1.29, 1.82) is 0 Å². The predicted molar refractivity (Wildman–Crippen MR) is 74.3 cm³/mol. The Morgan fingerprint density at radius 1 is 1.21 bits per heavy atom. The first kappa shape index (κ1) is 12.2. The van der Waals surface area contributed by atoms with Crippen molar-refractivity contribution in [1.82, 2.24) is 14.3 Å². The van der Waals surface area contributed by atoms with Gasteiger partial charge < -0.3 is 0 Å². The van der Waals surface area contributed by atoms with E-state index in [1.54, 1.807) is 4.68 Å². The summed E-state index contributed by atoms with van der Waals surface area (Å²) in [5.41, 5.74) is 2.41.